The van der Waals surface area contributed by atoms with E-state index in [2.05, 4.69) is 190 Å². The Labute approximate surface area is 315 Å². The first kappa shape index (κ1) is 32.0. The van der Waals surface area contributed by atoms with E-state index in [-0.39, 0.29) is 23.5 Å². The van der Waals surface area contributed by atoms with Crippen LogP contribution < -0.4 is 35.3 Å². The van der Waals surface area contributed by atoms with Gasteiger partial charge in [-0.05, 0) is 121 Å². The quantitative estimate of drug-likeness (QED) is 0.165. The lowest BCUT2D eigenvalue weighted by molar-refractivity contribution is 0.313. The number of thiophene rings is 2. The molecule has 5 heterocycles. The van der Waals surface area contributed by atoms with Gasteiger partial charge < -0.3 is 19.6 Å². The van der Waals surface area contributed by atoms with Crippen LogP contribution in [0.15, 0.2) is 115 Å². The number of nitrogens with zero attached hydrogens (tertiary/aromatic N) is 4. The molecule has 0 amide bonds. The van der Waals surface area contributed by atoms with Crippen LogP contribution >= 0.6 is 22.7 Å². The summed E-state index contributed by atoms with van der Waals surface area (Å²) in [4.78, 5) is 10.4. The number of rotatable bonds is 2. The van der Waals surface area contributed by atoms with Crippen LogP contribution in [-0.4, -0.2) is 23.5 Å². The molecule has 3 aliphatic rings. The highest BCUT2D eigenvalue weighted by Gasteiger charge is 2.53. The monoisotopic (exact) mass is 714 g/mol. The molecule has 0 radical (unpaired) electrons. The zero-order valence-electron chi connectivity index (χ0n) is 31.2. The summed E-state index contributed by atoms with van der Waals surface area (Å²) in [7, 11) is 0. The third-order valence-electron chi connectivity index (χ3n) is 11.1. The van der Waals surface area contributed by atoms with E-state index in [1.165, 1.54) is 80.7 Å². The third kappa shape index (κ3) is 4.27. The molecule has 5 aromatic carbocycles. The van der Waals surface area contributed by atoms with E-state index in [0.29, 0.717) is 0 Å². The van der Waals surface area contributed by atoms with Gasteiger partial charge in [0, 0.05) is 54.4 Å². The maximum atomic E-state index is 2.68. The summed E-state index contributed by atoms with van der Waals surface area (Å²) in [5.41, 5.74) is 12.4. The van der Waals surface area contributed by atoms with Crippen LogP contribution in [0.3, 0.4) is 0 Å². The molecule has 0 saturated heterocycles. The van der Waals surface area contributed by atoms with Crippen molar-refractivity contribution in [3.63, 3.8) is 0 Å². The molecular formula is C45H43BN4S2. The van der Waals surface area contributed by atoms with E-state index in [4.69, 9.17) is 0 Å². The van der Waals surface area contributed by atoms with Crippen LogP contribution in [0.4, 0.5) is 45.5 Å². The topological polar surface area (TPSA) is 13.0 Å². The largest absolute Gasteiger partial charge is 0.343 e. The predicted molar refractivity (Wildman–Crippen MR) is 230 cm³/mol. The maximum absolute atomic E-state index is 2.68. The highest BCUT2D eigenvalue weighted by atomic mass is 32.1. The number of benzene rings is 5. The fourth-order valence-electron chi connectivity index (χ4n) is 9.98. The first-order chi connectivity index (χ1) is 24.9. The van der Waals surface area contributed by atoms with Gasteiger partial charge in [0.2, 0.25) is 0 Å². The van der Waals surface area contributed by atoms with Crippen molar-refractivity contribution in [1.29, 1.82) is 0 Å². The number of anilines is 8. The van der Waals surface area contributed by atoms with E-state index >= 15 is 0 Å². The number of hydrogen-bond acceptors (Lipinski definition) is 6. The molecule has 0 atom stereocenters. The van der Waals surface area contributed by atoms with Crippen molar-refractivity contribution in [3.8, 4) is 0 Å². The maximum Gasteiger partial charge on any atom is 0.264 e. The standard InChI is InChI=1S/C45H43BN4S2/c1-43(2,3)49-35-26-31-34(27-36(35)50(44(4,5)6)45(49,7)8)47(28-18-11-9-12-19-28)32-23-17-24-33-38(32)46(31)42-39(48(33)29-20-13-10-14-21-29)41-40(52-42)30-22-15-16-25-37(30)51-41/h9-27H,1-8H3. The number of para-hydroxylation sites is 2. The summed E-state index contributed by atoms with van der Waals surface area (Å²) < 4.78 is 5.55. The average Bonchev–Trinajstić information content (AvgIpc) is 3.72. The fourth-order valence-corrected chi connectivity index (χ4v) is 12.9. The Hall–Kier alpha value is -4.72. The molecule has 258 valence electrons. The van der Waals surface area contributed by atoms with Gasteiger partial charge in [0.15, 0.2) is 0 Å². The molecule has 3 aliphatic heterocycles. The summed E-state index contributed by atoms with van der Waals surface area (Å²) in [6.45, 7) is 19.0. The summed E-state index contributed by atoms with van der Waals surface area (Å²) in [6, 6.07) is 43.0. The van der Waals surface area contributed by atoms with Gasteiger partial charge in [0.1, 0.15) is 5.66 Å². The number of hydrogen-bond donors (Lipinski definition) is 0. The third-order valence-corrected chi connectivity index (χ3v) is 13.7. The minimum absolute atomic E-state index is 0.0819. The Morgan fingerprint density at radius 1 is 0.538 bits per heavy atom. The first-order valence-corrected chi connectivity index (χ1v) is 20.0. The lowest BCUT2D eigenvalue weighted by Gasteiger charge is -2.51. The zero-order valence-corrected chi connectivity index (χ0v) is 32.8. The predicted octanol–water partition coefficient (Wildman–Crippen LogP) is 11.2. The van der Waals surface area contributed by atoms with Crippen molar-refractivity contribution in [2.24, 2.45) is 0 Å². The fraction of sp³-hybridized carbons (Fsp3) is 0.244. The molecule has 0 unspecified atom stereocenters. The van der Waals surface area contributed by atoms with Crippen molar-refractivity contribution in [2.75, 3.05) is 19.6 Å². The lowest BCUT2D eigenvalue weighted by atomic mass is 9.36. The Kier molecular flexibility index (Phi) is 6.57. The lowest BCUT2D eigenvalue weighted by Crippen LogP contribution is -2.63. The van der Waals surface area contributed by atoms with Crippen molar-refractivity contribution >= 4 is 110 Å². The Bertz CT molecular complexity index is 2560. The Morgan fingerprint density at radius 2 is 1.10 bits per heavy atom. The SMILES string of the molecule is CC(C)(C)N1c2cc3c(cc2N(C(C)(C)C)C1(C)C)N(c1ccccc1)c1cccc2c1B3c1sc3c(sc4ccccc43)c1N2c1ccccc1. The molecule has 0 N–H and O–H groups in total. The summed E-state index contributed by atoms with van der Waals surface area (Å²) in [5.74, 6) is 0. The molecule has 7 heteroatoms. The molecule has 0 bridgehead atoms. The summed E-state index contributed by atoms with van der Waals surface area (Å²) in [5, 5.41) is 1.36. The molecule has 2 aromatic heterocycles. The van der Waals surface area contributed by atoms with E-state index < -0.39 is 0 Å². The van der Waals surface area contributed by atoms with E-state index in [9.17, 15) is 0 Å². The first-order valence-electron chi connectivity index (χ1n) is 18.4. The van der Waals surface area contributed by atoms with Crippen LogP contribution in [0, 0.1) is 0 Å². The van der Waals surface area contributed by atoms with Crippen LogP contribution in [-0.2, 0) is 0 Å². The van der Waals surface area contributed by atoms with Gasteiger partial charge in [-0.3, -0.25) is 0 Å². The molecule has 10 rings (SSSR count). The minimum atomic E-state index is -0.245. The Morgan fingerprint density at radius 3 is 1.73 bits per heavy atom. The van der Waals surface area contributed by atoms with Gasteiger partial charge in [-0.1, -0.05) is 60.7 Å². The van der Waals surface area contributed by atoms with Gasteiger partial charge in [-0.25, -0.2) is 0 Å². The second-order valence-corrected chi connectivity index (χ2v) is 19.1. The summed E-state index contributed by atoms with van der Waals surface area (Å²) in [6.07, 6.45) is 0. The van der Waals surface area contributed by atoms with Crippen molar-refractivity contribution in [2.45, 2.75) is 72.1 Å². The van der Waals surface area contributed by atoms with Gasteiger partial charge in [0.25, 0.3) is 6.71 Å². The molecule has 0 saturated carbocycles. The molecule has 4 nitrogen and oxygen atoms in total. The highest BCUT2D eigenvalue weighted by molar-refractivity contribution is 7.40. The van der Waals surface area contributed by atoms with Crippen LogP contribution in [0.1, 0.15) is 55.4 Å². The van der Waals surface area contributed by atoms with Crippen molar-refractivity contribution < 1.29 is 0 Å². The van der Waals surface area contributed by atoms with Gasteiger partial charge in [-0.15, -0.1) is 22.7 Å². The van der Waals surface area contributed by atoms with Gasteiger partial charge in [0.05, 0.1) is 26.5 Å². The molecule has 52 heavy (non-hydrogen) atoms. The van der Waals surface area contributed by atoms with E-state index in [1.807, 2.05) is 22.7 Å². The van der Waals surface area contributed by atoms with Crippen molar-refractivity contribution in [1.82, 2.24) is 0 Å². The van der Waals surface area contributed by atoms with Crippen LogP contribution in [0.25, 0.3) is 19.5 Å². The smallest absolute Gasteiger partial charge is 0.264 e. The second-order valence-electron chi connectivity index (χ2n) is 17.0. The van der Waals surface area contributed by atoms with E-state index in [0.717, 1.165) is 0 Å². The average molecular weight is 715 g/mol. The molecule has 7 aromatic rings. The molecule has 0 spiro atoms. The normalized spacial score (nSPS) is 16.0. The summed E-state index contributed by atoms with van der Waals surface area (Å²) >= 11 is 3.94. The van der Waals surface area contributed by atoms with Crippen molar-refractivity contribution in [3.05, 3.63) is 115 Å². The van der Waals surface area contributed by atoms with Crippen LogP contribution in [0.5, 0.6) is 0 Å². The second kappa shape index (κ2) is 10.7. The van der Waals surface area contributed by atoms with Gasteiger partial charge >= 0.3 is 0 Å². The number of fused-ring (bicyclic) bond motifs is 9. The Balaban J connectivity index is 1.35. The minimum Gasteiger partial charge on any atom is -0.343 e. The molecule has 0 fully saturated rings. The van der Waals surface area contributed by atoms with Gasteiger partial charge in [-0.2, -0.15) is 0 Å². The highest BCUT2D eigenvalue weighted by Crippen LogP contribution is 2.55. The zero-order chi connectivity index (χ0) is 35.9. The van der Waals surface area contributed by atoms with E-state index in [1.54, 1.807) is 0 Å². The molecular weight excluding hydrogens is 671 g/mol. The van der Waals surface area contributed by atoms with Crippen LogP contribution in [0.2, 0.25) is 0 Å². The molecule has 0 aliphatic carbocycles.